The number of hydrogen-bond acceptors (Lipinski definition) is 4. The van der Waals surface area contributed by atoms with Crippen molar-refractivity contribution in [1.82, 2.24) is 10.6 Å². The van der Waals surface area contributed by atoms with Gasteiger partial charge in [0.05, 0.1) is 22.2 Å². The van der Waals surface area contributed by atoms with E-state index in [1.54, 1.807) is 0 Å². The van der Waals surface area contributed by atoms with Gasteiger partial charge in [0.1, 0.15) is 23.3 Å². The molecule has 0 saturated carbocycles. The average Bonchev–Trinajstić information content (AvgIpc) is 2.95. The molecule has 0 aromatic carbocycles. The van der Waals surface area contributed by atoms with E-state index < -0.39 is 0 Å². The second-order valence-electron chi connectivity index (χ2n) is 13.3. The zero-order valence-corrected chi connectivity index (χ0v) is 29.0. The van der Waals surface area contributed by atoms with Crippen molar-refractivity contribution in [3.63, 3.8) is 0 Å². The van der Waals surface area contributed by atoms with Crippen LogP contribution >= 0.6 is 0 Å². The molecule has 0 saturated heterocycles. The van der Waals surface area contributed by atoms with E-state index >= 15 is 0 Å². The second-order valence-corrected chi connectivity index (χ2v) is 13.3. The first-order valence-electron chi connectivity index (χ1n) is 12.3. The van der Waals surface area contributed by atoms with Gasteiger partial charge in [0.15, 0.2) is 0 Å². The van der Waals surface area contributed by atoms with Crippen molar-refractivity contribution in [2.24, 2.45) is 20.0 Å². The molecule has 0 unspecified atom stereocenters. The summed E-state index contributed by atoms with van der Waals surface area (Å²) in [5, 5.41) is 6.66. The van der Waals surface area contributed by atoms with Crippen LogP contribution in [0.5, 0.6) is 0 Å². The Morgan fingerprint density at radius 2 is 0.514 bits per heavy atom. The summed E-state index contributed by atoms with van der Waals surface area (Å²) in [5.74, 6) is 3.83. The van der Waals surface area contributed by atoms with E-state index in [-0.39, 0.29) is 67.6 Å². The first kappa shape index (κ1) is 34.2. The first-order valence-corrected chi connectivity index (χ1v) is 12.3. The minimum absolute atomic E-state index is 0. The van der Waals surface area contributed by atoms with Crippen LogP contribution in [0.1, 0.15) is 111 Å². The molecular weight excluding hydrogens is 508 g/mol. The maximum Gasteiger partial charge on any atom is 0.130 e. The van der Waals surface area contributed by atoms with Gasteiger partial charge in [-0.05, 0) is 133 Å². The third-order valence-electron chi connectivity index (χ3n) is 4.81. The quantitative estimate of drug-likeness (QED) is 0.345. The monoisotopic (exact) mass is 558 g/mol. The fourth-order valence-corrected chi connectivity index (χ4v) is 3.10. The van der Waals surface area contributed by atoms with Gasteiger partial charge in [0, 0.05) is 45.5 Å². The minimum atomic E-state index is -0.0684. The number of hydrogen-bond donors (Lipinski definition) is 2. The Hall–Kier alpha value is -0.759. The van der Waals surface area contributed by atoms with Crippen LogP contribution in [0.4, 0.5) is 0 Å². The summed E-state index contributed by atoms with van der Waals surface area (Å²) < 4.78 is 0. The fourth-order valence-electron chi connectivity index (χ4n) is 3.10. The molecule has 2 rings (SSSR count). The number of amidine groups is 4. The molecule has 35 heavy (non-hydrogen) atoms. The fraction of sp³-hybridized carbons (Fsp3) is 0.714. The zero-order chi connectivity index (χ0) is 26.9. The van der Waals surface area contributed by atoms with Gasteiger partial charge in [-0.3, -0.25) is 20.0 Å². The Balaban J connectivity index is 0.000000642. The number of nitrogens with zero attached hydrogens (tertiary/aromatic N) is 4. The van der Waals surface area contributed by atoms with E-state index in [9.17, 15) is 0 Å². The van der Waals surface area contributed by atoms with Crippen molar-refractivity contribution in [2.75, 3.05) is 0 Å². The predicted molar refractivity (Wildman–Crippen MR) is 158 cm³/mol. The Kier molecular flexibility index (Phi) is 11.9. The van der Waals surface area contributed by atoms with Crippen molar-refractivity contribution in [3.8, 4) is 0 Å². The van der Waals surface area contributed by atoms with E-state index in [0.29, 0.717) is 0 Å². The normalized spacial score (nSPS) is 21.9. The molecule has 194 valence electrons. The summed E-state index contributed by atoms with van der Waals surface area (Å²) in [6.07, 6.45) is 0. The van der Waals surface area contributed by atoms with Crippen molar-refractivity contribution in [2.45, 2.75) is 133 Å². The van der Waals surface area contributed by atoms with Crippen LogP contribution in [0.2, 0.25) is 0 Å². The van der Waals surface area contributed by atoms with Crippen LogP contribution in [0, 0.1) is 0 Å². The van der Waals surface area contributed by atoms with E-state index in [1.807, 2.05) is 0 Å². The summed E-state index contributed by atoms with van der Waals surface area (Å²) >= 11 is 0. The van der Waals surface area contributed by atoms with Crippen molar-refractivity contribution in [3.05, 3.63) is 22.3 Å². The van der Waals surface area contributed by atoms with Gasteiger partial charge in [-0.15, -0.1) is 0 Å². The molecule has 0 atom stereocenters. The molecule has 0 bridgehead atoms. The largest absolute Gasteiger partial charge is 0.325 e. The summed E-state index contributed by atoms with van der Waals surface area (Å²) in [7, 11) is 0. The zero-order valence-electron chi connectivity index (χ0n) is 25.5. The van der Waals surface area contributed by atoms with Crippen LogP contribution in [-0.4, -0.2) is 91.0 Å². The van der Waals surface area contributed by atoms with Crippen LogP contribution in [0.15, 0.2) is 42.3 Å². The van der Waals surface area contributed by atoms with E-state index in [1.165, 1.54) is 22.3 Å². The van der Waals surface area contributed by atoms with Crippen LogP contribution < -0.4 is 10.6 Å². The standard InChI is InChI=1S/2C14H25N3.Sr/c2*1-9-10(2)12(17-14(6,7)8)15-11(9)16-13(3,4)5;/h2*1-8H3,(H,15,16,17);. The molecule has 2 radical (unpaired) electrons. The molecule has 0 aliphatic carbocycles. The number of aliphatic imine (C=N–C) groups is 4. The van der Waals surface area contributed by atoms with Crippen LogP contribution in [0.3, 0.4) is 0 Å². The molecule has 6 nitrogen and oxygen atoms in total. The number of rotatable bonds is 0. The molecule has 0 aromatic rings. The van der Waals surface area contributed by atoms with Crippen molar-refractivity contribution in [1.29, 1.82) is 0 Å². The van der Waals surface area contributed by atoms with Gasteiger partial charge in [-0.25, -0.2) is 0 Å². The van der Waals surface area contributed by atoms with Gasteiger partial charge < -0.3 is 10.6 Å². The van der Waals surface area contributed by atoms with Crippen LogP contribution in [0.25, 0.3) is 0 Å². The van der Waals surface area contributed by atoms with E-state index in [0.717, 1.165) is 23.3 Å². The van der Waals surface area contributed by atoms with Crippen LogP contribution in [-0.2, 0) is 0 Å². The Labute approximate surface area is 252 Å². The maximum absolute atomic E-state index is 4.69. The Bertz CT molecular complexity index is 807. The van der Waals surface area contributed by atoms with E-state index in [2.05, 4.69) is 141 Å². The molecule has 7 heteroatoms. The topological polar surface area (TPSA) is 73.5 Å². The molecule has 2 heterocycles. The van der Waals surface area contributed by atoms with Crippen molar-refractivity contribution >= 4 is 68.8 Å². The molecular formula is C28H50N6Sr. The molecule has 0 amide bonds. The molecule has 0 aromatic heterocycles. The number of nitrogens with one attached hydrogen (secondary N) is 2. The van der Waals surface area contributed by atoms with Gasteiger partial charge >= 0.3 is 0 Å². The minimum Gasteiger partial charge on any atom is -0.325 e. The Morgan fingerprint density at radius 1 is 0.371 bits per heavy atom. The Morgan fingerprint density at radius 3 is 0.629 bits per heavy atom. The molecule has 2 aliphatic rings. The smallest absolute Gasteiger partial charge is 0.130 e. The predicted octanol–water partition coefficient (Wildman–Crippen LogP) is 6.26. The van der Waals surface area contributed by atoms with E-state index in [4.69, 9.17) is 0 Å². The summed E-state index contributed by atoms with van der Waals surface area (Å²) in [6, 6.07) is 0. The first-order chi connectivity index (χ1) is 15.0. The average molecular weight is 558 g/mol. The molecule has 0 fully saturated rings. The second kappa shape index (κ2) is 12.2. The van der Waals surface area contributed by atoms with Crippen molar-refractivity contribution < 1.29 is 0 Å². The summed E-state index contributed by atoms with van der Waals surface area (Å²) in [5.41, 5.74) is 4.52. The van der Waals surface area contributed by atoms with Gasteiger partial charge in [-0.2, -0.15) is 0 Å². The summed E-state index contributed by atoms with van der Waals surface area (Å²) in [4.78, 5) is 18.7. The summed E-state index contributed by atoms with van der Waals surface area (Å²) in [6.45, 7) is 33.6. The third-order valence-corrected chi connectivity index (χ3v) is 4.81. The van der Waals surface area contributed by atoms with Gasteiger partial charge in [-0.1, -0.05) is 0 Å². The maximum atomic E-state index is 4.69. The SMILES string of the molecule is CC1=C(C)C(=NC(C)(C)C)NC1=NC(C)(C)C.CC1=C(C)C(=NC(C)(C)C)NC1=NC(C)(C)C.[Sr]. The molecule has 0 spiro atoms. The molecule has 2 N–H and O–H groups in total. The third kappa shape index (κ3) is 12.4. The molecule has 2 aliphatic heterocycles. The van der Waals surface area contributed by atoms with Gasteiger partial charge in [0.25, 0.3) is 0 Å². The van der Waals surface area contributed by atoms with Gasteiger partial charge in [0.2, 0.25) is 0 Å².